The predicted molar refractivity (Wildman–Crippen MR) is 67.7 cm³/mol. The molecule has 2 rings (SSSR count). The molecule has 0 aromatic heterocycles. The highest BCUT2D eigenvalue weighted by Crippen LogP contribution is 2.28. The van der Waals surface area contributed by atoms with Crippen LogP contribution in [0.15, 0.2) is 24.3 Å². The zero-order valence-corrected chi connectivity index (χ0v) is 10.2. The molecule has 0 aliphatic carbocycles. The molecule has 1 heterocycles. The fraction of sp³-hybridized carbons (Fsp3) is 0.385. The average Bonchev–Trinajstić information content (AvgIpc) is 2.62. The van der Waals surface area contributed by atoms with E-state index in [0.717, 1.165) is 6.54 Å². The molecule has 0 spiro atoms. The van der Waals surface area contributed by atoms with Gasteiger partial charge in [-0.3, -0.25) is 9.59 Å². The van der Waals surface area contributed by atoms with Crippen LogP contribution in [0.4, 0.5) is 5.69 Å². The molecule has 1 aromatic carbocycles. The van der Waals surface area contributed by atoms with Crippen LogP contribution in [0.2, 0.25) is 0 Å². The fourth-order valence-electron chi connectivity index (χ4n) is 2.02. The number of anilines is 1. The number of aliphatic hydroxyl groups excluding tert-OH is 1. The number of β-amino-alcohol motifs (C(OH)–C–C–N with tert-alkyl or cyclic N) is 1. The molecular weight excluding hydrogens is 232 g/mol. The normalized spacial score (nSPS) is 16.0. The van der Waals surface area contributed by atoms with Crippen molar-refractivity contribution < 1.29 is 14.7 Å². The van der Waals surface area contributed by atoms with Crippen LogP contribution in [0.3, 0.4) is 0 Å². The molecule has 0 saturated carbocycles. The summed E-state index contributed by atoms with van der Waals surface area (Å²) in [5, 5.41) is 12.8. The topological polar surface area (TPSA) is 69.6 Å². The number of ketones is 1. The van der Waals surface area contributed by atoms with E-state index >= 15 is 0 Å². The lowest BCUT2D eigenvalue weighted by Gasteiger charge is -2.20. The molecule has 18 heavy (non-hydrogen) atoms. The number of benzene rings is 1. The van der Waals surface area contributed by atoms with Crippen molar-refractivity contribution in [2.75, 3.05) is 24.5 Å². The van der Waals surface area contributed by atoms with Gasteiger partial charge in [-0.25, -0.2) is 0 Å². The standard InChI is InChI=1S/C13H16N2O3/c1-2-14-7-9(16)8-15-11-6-4-3-5-10(11)12(17)13(15)18/h3-6,9,14,16H,2,7-8H2,1H3. The average molecular weight is 248 g/mol. The lowest BCUT2D eigenvalue weighted by molar-refractivity contribution is -0.114. The van der Waals surface area contributed by atoms with E-state index in [1.807, 2.05) is 6.92 Å². The number of nitrogens with zero attached hydrogens (tertiary/aromatic N) is 1. The maximum Gasteiger partial charge on any atom is 0.299 e. The number of aliphatic hydroxyl groups is 1. The first-order chi connectivity index (χ1) is 8.65. The van der Waals surface area contributed by atoms with Gasteiger partial charge < -0.3 is 15.3 Å². The number of carbonyl (C=O) groups excluding carboxylic acids is 2. The minimum absolute atomic E-state index is 0.134. The quantitative estimate of drug-likeness (QED) is 0.730. The molecule has 0 saturated heterocycles. The molecule has 1 amide bonds. The first-order valence-electron chi connectivity index (χ1n) is 5.99. The zero-order chi connectivity index (χ0) is 13.1. The third-order valence-electron chi connectivity index (χ3n) is 2.90. The molecule has 5 heteroatoms. The summed E-state index contributed by atoms with van der Waals surface area (Å²) in [5.74, 6) is -1.06. The molecule has 0 bridgehead atoms. The van der Waals surface area contributed by atoms with Crippen molar-refractivity contribution in [2.24, 2.45) is 0 Å². The molecule has 1 unspecified atom stereocenters. The Morgan fingerprint density at radius 1 is 1.33 bits per heavy atom. The Balaban J connectivity index is 2.14. The van der Waals surface area contributed by atoms with E-state index in [-0.39, 0.29) is 6.54 Å². The lowest BCUT2D eigenvalue weighted by atomic mass is 10.1. The number of fused-ring (bicyclic) bond motifs is 1. The van der Waals surface area contributed by atoms with Gasteiger partial charge in [0.2, 0.25) is 0 Å². The summed E-state index contributed by atoms with van der Waals surface area (Å²) in [4.78, 5) is 24.9. The fourth-order valence-corrected chi connectivity index (χ4v) is 2.02. The second-order valence-corrected chi connectivity index (χ2v) is 4.22. The molecule has 0 radical (unpaired) electrons. The van der Waals surface area contributed by atoms with Crippen molar-refractivity contribution in [2.45, 2.75) is 13.0 Å². The van der Waals surface area contributed by atoms with Crippen LogP contribution < -0.4 is 10.2 Å². The van der Waals surface area contributed by atoms with Crippen molar-refractivity contribution >= 4 is 17.4 Å². The predicted octanol–water partition coefficient (Wildman–Crippen LogP) is 0.186. The first kappa shape index (κ1) is 12.7. The van der Waals surface area contributed by atoms with Crippen molar-refractivity contribution in [1.82, 2.24) is 5.32 Å². The molecule has 1 aliphatic heterocycles. The van der Waals surface area contributed by atoms with E-state index in [1.165, 1.54) is 4.90 Å². The summed E-state index contributed by atoms with van der Waals surface area (Å²) in [5.41, 5.74) is 1.00. The van der Waals surface area contributed by atoms with Gasteiger partial charge in [0.25, 0.3) is 11.7 Å². The number of carbonyl (C=O) groups is 2. The summed E-state index contributed by atoms with van der Waals surface area (Å²) < 4.78 is 0. The molecule has 5 nitrogen and oxygen atoms in total. The van der Waals surface area contributed by atoms with Gasteiger partial charge in [-0.1, -0.05) is 19.1 Å². The molecule has 1 atom stereocenters. The Morgan fingerprint density at radius 2 is 2.06 bits per heavy atom. The number of hydrogen-bond acceptors (Lipinski definition) is 4. The summed E-state index contributed by atoms with van der Waals surface area (Å²) in [6.07, 6.45) is -0.687. The molecular formula is C13H16N2O3. The van der Waals surface area contributed by atoms with Gasteiger partial charge in [-0.2, -0.15) is 0 Å². The number of Topliss-reactive ketones (excluding diaryl/α,β-unsaturated/α-hetero) is 1. The minimum Gasteiger partial charge on any atom is -0.390 e. The van der Waals surface area contributed by atoms with E-state index in [0.29, 0.717) is 17.8 Å². The number of amides is 1. The van der Waals surface area contributed by atoms with Crippen molar-refractivity contribution in [3.8, 4) is 0 Å². The van der Waals surface area contributed by atoms with Crippen LogP contribution in [-0.4, -0.2) is 42.5 Å². The maximum absolute atomic E-state index is 11.8. The van der Waals surface area contributed by atoms with Gasteiger partial charge in [0.15, 0.2) is 0 Å². The van der Waals surface area contributed by atoms with Crippen LogP contribution in [0.5, 0.6) is 0 Å². The highest BCUT2D eigenvalue weighted by molar-refractivity contribution is 6.52. The summed E-state index contributed by atoms with van der Waals surface area (Å²) in [6.45, 7) is 3.22. The van der Waals surface area contributed by atoms with Gasteiger partial charge >= 0.3 is 0 Å². The zero-order valence-electron chi connectivity index (χ0n) is 10.2. The number of nitrogens with one attached hydrogen (secondary N) is 1. The monoisotopic (exact) mass is 248 g/mol. The van der Waals surface area contributed by atoms with Gasteiger partial charge in [-0.05, 0) is 18.7 Å². The summed E-state index contributed by atoms with van der Waals surface area (Å²) in [7, 11) is 0. The van der Waals surface area contributed by atoms with E-state index < -0.39 is 17.8 Å². The second-order valence-electron chi connectivity index (χ2n) is 4.22. The first-order valence-corrected chi connectivity index (χ1v) is 5.99. The lowest BCUT2D eigenvalue weighted by Crippen LogP contribution is -2.40. The minimum atomic E-state index is -0.687. The molecule has 2 N–H and O–H groups in total. The molecule has 1 aromatic rings. The maximum atomic E-state index is 11.8. The number of hydrogen-bond donors (Lipinski definition) is 2. The Hall–Kier alpha value is -1.72. The molecule has 96 valence electrons. The Morgan fingerprint density at radius 3 is 2.78 bits per heavy atom. The van der Waals surface area contributed by atoms with Gasteiger partial charge in [0.05, 0.1) is 23.9 Å². The van der Waals surface area contributed by atoms with Crippen LogP contribution in [-0.2, 0) is 4.79 Å². The number of para-hydroxylation sites is 1. The van der Waals surface area contributed by atoms with Crippen molar-refractivity contribution in [3.63, 3.8) is 0 Å². The van der Waals surface area contributed by atoms with Gasteiger partial charge in [0, 0.05) is 6.54 Å². The number of likely N-dealkylation sites (N-methyl/N-ethyl adjacent to an activating group) is 1. The van der Waals surface area contributed by atoms with Gasteiger partial charge in [-0.15, -0.1) is 0 Å². The Bertz CT molecular complexity index is 473. The van der Waals surface area contributed by atoms with Crippen LogP contribution in [0, 0.1) is 0 Å². The largest absolute Gasteiger partial charge is 0.390 e. The van der Waals surface area contributed by atoms with Crippen molar-refractivity contribution in [1.29, 1.82) is 0 Å². The van der Waals surface area contributed by atoms with Crippen LogP contribution in [0.25, 0.3) is 0 Å². The third kappa shape index (κ3) is 2.27. The molecule has 1 aliphatic rings. The third-order valence-corrected chi connectivity index (χ3v) is 2.90. The van der Waals surface area contributed by atoms with E-state index in [1.54, 1.807) is 24.3 Å². The van der Waals surface area contributed by atoms with Crippen LogP contribution in [0.1, 0.15) is 17.3 Å². The van der Waals surface area contributed by atoms with E-state index in [9.17, 15) is 14.7 Å². The van der Waals surface area contributed by atoms with Crippen LogP contribution >= 0.6 is 0 Å². The van der Waals surface area contributed by atoms with E-state index in [2.05, 4.69) is 5.32 Å². The Labute approximate surface area is 105 Å². The highest BCUT2D eigenvalue weighted by atomic mass is 16.3. The molecule has 0 fully saturated rings. The second kappa shape index (κ2) is 5.29. The summed E-state index contributed by atoms with van der Waals surface area (Å²) in [6, 6.07) is 6.85. The van der Waals surface area contributed by atoms with Crippen molar-refractivity contribution in [3.05, 3.63) is 29.8 Å². The number of rotatable bonds is 5. The smallest absolute Gasteiger partial charge is 0.299 e. The summed E-state index contributed by atoms with van der Waals surface area (Å²) >= 11 is 0. The highest BCUT2D eigenvalue weighted by Gasteiger charge is 2.36. The van der Waals surface area contributed by atoms with Gasteiger partial charge in [0.1, 0.15) is 0 Å². The van der Waals surface area contributed by atoms with E-state index in [4.69, 9.17) is 0 Å². The Kier molecular flexibility index (Phi) is 3.74. The SMILES string of the molecule is CCNCC(O)CN1C(=O)C(=O)c2ccccc21.